The Balaban J connectivity index is -0.000000213. The summed E-state index contributed by atoms with van der Waals surface area (Å²) in [5.74, 6) is -0.922. The minimum Gasteiger partial charge on any atom is -0.857 e. The average Bonchev–Trinajstić information content (AvgIpc) is 2.86. The number of carbonyl (C=O) groups is 2. The number of hydrogen-bond donors (Lipinski definition) is 5. The Kier molecular flexibility index (Phi) is 27.3. The van der Waals surface area contributed by atoms with Crippen molar-refractivity contribution in [1.29, 1.82) is 5.41 Å². The van der Waals surface area contributed by atoms with Gasteiger partial charge in [0.15, 0.2) is 5.78 Å². The van der Waals surface area contributed by atoms with Gasteiger partial charge in [0.2, 0.25) is 5.88 Å². The molecule has 0 radical (unpaired) electrons. The second kappa shape index (κ2) is 24.6. The summed E-state index contributed by atoms with van der Waals surface area (Å²) in [6.45, 7) is -0.602. The zero-order valence-corrected chi connectivity index (χ0v) is 23.0. The number of nitrogens with one attached hydrogen (secondary N) is 2. The molecule has 37 heavy (non-hydrogen) atoms. The predicted molar refractivity (Wildman–Crippen MR) is 138 cm³/mol. The van der Waals surface area contributed by atoms with Crippen LogP contribution in [-0.2, 0) is 14.3 Å². The molecule has 6 N–H and O–H groups in total. The fourth-order valence-electron chi connectivity index (χ4n) is 2.08. The van der Waals surface area contributed by atoms with Gasteiger partial charge in [0.05, 0.1) is 13.2 Å². The SMILES string of the molecule is C.COC(=O)CC(=O)CO.C[O-].Cl.N=C(N)c1ccccc1.O=c1cc(O)nc(-c2ccccc2)[nH]1.[Na+]. The van der Waals surface area contributed by atoms with Crippen molar-refractivity contribution in [2.24, 2.45) is 5.73 Å². The Bertz CT molecular complexity index is 1070. The first-order valence-electron chi connectivity index (χ1n) is 9.62. The van der Waals surface area contributed by atoms with E-state index in [1.807, 2.05) is 48.5 Å². The number of benzene rings is 2. The Hall–Kier alpha value is -3.06. The third-order valence-electron chi connectivity index (χ3n) is 3.61. The first kappa shape index (κ1) is 41.1. The number of methoxy groups -OCH3 is 1. The first-order chi connectivity index (χ1) is 16.3. The van der Waals surface area contributed by atoms with Gasteiger partial charge in [0.1, 0.15) is 24.7 Å². The maximum absolute atomic E-state index is 11.0. The number of rotatable bonds is 5. The third-order valence-corrected chi connectivity index (χ3v) is 3.61. The molecule has 3 aromatic rings. The van der Waals surface area contributed by atoms with E-state index in [-0.39, 0.29) is 73.1 Å². The summed E-state index contributed by atoms with van der Waals surface area (Å²) in [4.78, 5) is 37.8. The summed E-state index contributed by atoms with van der Waals surface area (Å²) in [5, 5.41) is 32.5. The van der Waals surface area contributed by atoms with Crippen molar-refractivity contribution in [1.82, 2.24) is 9.97 Å². The Morgan fingerprint density at radius 1 is 1.08 bits per heavy atom. The fraction of sp³-hybridized carbons (Fsp3) is 0.208. The van der Waals surface area contributed by atoms with Crippen molar-refractivity contribution in [2.45, 2.75) is 13.8 Å². The smallest absolute Gasteiger partial charge is 0.857 e. The molecule has 2 aromatic carbocycles. The van der Waals surface area contributed by atoms with Crippen molar-refractivity contribution < 1.29 is 59.2 Å². The number of ether oxygens (including phenoxy) is 1. The van der Waals surface area contributed by atoms with Crippen LogP contribution in [0.5, 0.6) is 5.88 Å². The molecule has 0 fully saturated rings. The van der Waals surface area contributed by atoms with E-state index in [0.29, 0.717) is 5.82 Å². The molecule has 0 aliphatic rings. The number of ketones is 1. The van der Waals surface area contributed by atoms with Gasteiger partial charge in [-0.3, -0.25) is 19.8 Å². The Labute approximate surface area is 244 Å². The van der Waals surface area contributed by atoms with E-state index >= 15 is 0 Å². The summed E-state index contributed by atoms with van der Waals surface area (Å²) in [7, 11) is 1.94. The number of aromatic amines is 1. The minimum absolute atomic E-state index is 0. The molecular formula is C24H32ClN4NaO7. The number of aromatic hydroxyl groups is 1. The molecule has 0 atom stereocenters. The number of hydrogen-bond acceptors (Lipinski definition) is 9. The van der Waals surface area contributed by atoms with E-state index < -0.39 is 18.4 Å². The molecule has 1 heterocycles. The maximum Gasteiger partial charge on any atom is 1.00 e. The number of amidine groups is 1. The summed E-state index contributed by atoms with van der Waals surface area (Å²) in [5.41, 5.74) is 6.37. The van der Waals surface area contributed by atoms with E-state index in [1.54, 1.807) is 12.1 Å². The van der Waals surface area contributed by atoms with Gasteiger partial charge < -0.3 is 30.8 Å². The molecule has 0 aliphatic carbocycles. The standard InChI is InChI=1S/C10H8N2O2.C7H8N2.C5H8O4.CH3O.CH4.ClH.Na/c13-8-6-9(14)12-10(11-8)7-4-2-1-3-5-7;8-7(9)6-4-2-1-3-5-6;1-9-5(8)2-4(7)3-6;1-2;;;/h1-6H,(H2,11,12,13,14);1-5H,(H3,8,9);6H,2-3H2,1H3;1H3;1H4;1H;/q;;;-1;;;+1. The largest absolute Gasteiger partial charge is 1.00 e. The average molecular weight is 547 g/mol. The molecule has 0 amide bonds. The normalized spacial score (nSPS) is 8.22. The molecule has 11 nitrogen and oxygen atoms in total. The molecule has 3 rings (SSSR count). The van der Waals surface area contributed by atoms with Crippen LogP contribution in [0.2, 0.25) is 0 Å². The quantitative estimate of drug-likeness (QED) is 0.0809. The van der Waals surface area contributed by atoms with E-state index in [0.717, 1.165) is 24.3 Å². The van der Waals surface area contributed by atoms with Crippen LogP contribution in [0.3, 0.4) is 0 Å². The number of aliphatic hydroxyl groups excluding tert-OH is 1. The van der Waals surface area contributed by atoms with Crippen LogP contribution in [0, 0.1) is 5.41 Å². The van der Waals surface area contributed by atoms with Crippen LogP contribution in [0.15, 0.2) is 71.5 Å². The Morgan fingerprint density at radius 2 is 1.57 bits per heavy atom. The minimum atomic E-state index is -0.617. The molecule has 0 saturated heterocycles. The van der Waals surface area contributed by atoms with E-state index in [1.165, 1.54) is 7.11 Å². The van der Waals surface area contributed by atoms with Crippen molar-refractivity contribution in [3.05, 3.63) is 82.6 Å². The number of carbonyl (C=O) groups excluding carboxylic acids is 2. The van der Waals surface area contributed by atoms with Gasteiger partial charge in [-0.2, -0.15) is 12.1 Å². The number of Topliss-reactive ketones (excluding diaryl/α,β-unsaturated/α-hetero) is 1. The number of halogens is 1. The second-order valence-electron chi connectivity index (χ2n) is 6.05. The first-order valence-corrected chi connectivity index (χ1v) is 9.62. The van der Waals surface area contributed by atoms with Gasteiger partial charge in [0, 0.05) is 11.1 Å². The van der Waals surface area contributed by atoms with Crippen molar-refractivity contribution in [3.63, 3.8) is 0 Å². The summed E-state index contributed by atoms with van der Waals surface area (Å²) in [6.07, 6.45) is -0.340. The topological polar surface area (TPSA) is 203 Å². The molecule has 13 heteroatoms. The van der Waals surface area contributed by atoms with E-state index in [9.17, 15) is 14.4 Å². The molecule has 0 saturated carbocycles. The van der Waals surface area contributed by atoms with Gasteiger partial charge >= 0.3 is 35.5 Å². The van der Waals surface area contributed by atoms with Crippen LogP contribution in [0.1, 0.15) is 19.4 Å². The van der Waals surface area contributed by atoms with Gasteiger partial charge in [-0.15, -0.1) is 12.4 Å². The van der Waals surface area contributed by atoms with Gasteiger partial charge in [0.25, 0.3) is 5.56 Å². The zero-order valence-electron chi connectivity index (χ0n) is 20.1. The zero-order chi connectivity index (χ0) is 25.9. The molecule has 0 unspecified atom stereocenters. The summed E-state index contributed by atoms with van der Waals surface area (Å²) in [6, 6.07) is 19.4. The van der Waals surface area contributed by atoms with Crippen LogP contribution in [0.25, 0.3) is 11.4 Å². The molecule has 198 valence electrons. The third kappa shape index (κ3) is 18.8. The van der Waals surface area contributed by atoms with Crippen molar-refractivity contribution >= 4 is 30.0 Å². The van der Waals surface area contributed by atoms with Gasteiger partial charge in [-0.25, -0.2) is 0 Å². The van der Waals surface area contributed by atoms with E-state index in [2.05, 4.69) is 14.7 Å². The van der Waals surface area contributed by atoms with Crippen molar-refractivity contribution in [3.8, 4) is 17.3 Å². The number of nitrogen functional groups attached to an aromatic ring is 1. The van der Waals surface area contributed by atoms with Gasteiger partial charge in [-0.1, -0.05) is 68.1 Å². The summed E-state index contributed by atoms with van der Waals surface area (Å²) >= 11 is 0. The maximum atomic E-state index is 11.0. The second-order valence-corrected chi connectivity index (χ2v) is 6.05. The van der Waals surface area contributed by atoms with Crippen LogP contribution < -0.4 is 46.0 Å². The monoisotopic (exact) mass is 546 g/mol. The number of aliphatic hydroxyl groups is 1. The Morgan fingerprint density at radius 3 is 1.95 bits per heavy atom. The predicted octanol–water partition coefficient (Wildman–Crippen LogP) is -1.74. The van der Waals surface area contributed by atoms with Crippen LogP contribution >= 0.6 is 12.4 Å². The number of H-pyrrole nitrogens is 1. The van der Waals surface area contributed by atoms with Crippen LogP contribution in [-0.4, -0.2) is 58.6 Å². The van der Waals surface area contributed by atoms with E-state index in [4.69, 9.17) is 26.5 Å². The van der Waals surface area contributed by atoms with Crippen LogP contribution in [0.4, 0.5) is 0 Å². The van der Waals surface area contributed by atoms with Crippen molar-refractivity contribution in [2.75, 3.05) is 20.8 Å². The molecule has 1 aromatic heterocycles. The molecule has 0 bridgehead atoms. The molecular weight excluding hydrogens is 515 g/mol. The molecule has 0 spiro atoms. The summed E-state index contributed by atoms with van der Waals surface area (Å²) < 4.78 is 4.15. The van der Waals surface area contributed by atoms with Gasteiger partial charge in [-0.05, 0) is 0 Å². The number of nitrogens with zero attached hydrogens (tertiary/aromatic N) is 1. The number of aromatic nitrogens is 2. The number of nitrogens with two attached hydrogens (primary N) is 1. The molecule has 0 aliphatic heterocycles. The number of esters is 1. The fourth-order valence-corrected chi connectivity index (χ4v) is 2.08.